The van der Waals surface area contributed by atoms with E-state index in [4.69, 9.17) is 10.9 Å². The number of benzene rings is 2. The lowest BCUT2D eigenvalue weighted by Crippen LogP contribution is -2.12. The first kappa shape index (κ1) is 14.4. The highest BCUT2D eigenvalue weighted by molar-refractivity contribution is 9.10. The summed E-state index contributed by atoms with van der Waals surface area (Å²) in [7, 11) is -3.75. The van der Waals surface area contributed by atoms with Crippen molar-refractivity contribution in [3.8, 4) is 0 Å². The van der Waals surface area contributed by atoms with E-state index < -0.39 is 10.0 Å². The number of anilines is 1. The zero-order valence-corrected chi connectivity index (χ0v) is 12.9. The molecule has 0 heterocycles. The molecule has 0 aliphatic heterocycles. The molecule has 19 heavy (non-hydrogen) atoms. The maximum absolute atomic E-state index is 11.3. The molecule has 2 aromatic carbocycles. The van der Waals surface area contributed by atoms with Crippen molar-refractivity contribution in [1.82, 2.24) is 0 Å². The van der Waals surface area contributed by atoms with Crippen molar-refractivity contribution >= 4 is 43.4 Å². The van der Waals surface area contributed by atoms with Gasteiger partial charge >= 0.3 is 0 Å². The minimum absolute atomic E-state index is 0.0185. The lowest BCUT2D eigenvalue weighted by molar-refractivity contribution is 0.597. The van der Waals surface area contributed by atoms with E-state index in [2.05, 4.69) is 15.9 Å². The molecular formula is C12H11BrN2O2S2. The minimum atomic E-state index is -3.75. The quantitative estimate of drug-likeness (QED) is 0.825. The molecule has 0 atom stereocenters. The summed E-state index contributed by atoms with van der Waals surface area (Å²) < 4.78 is 23.7. The van der Waals surface area contributed by atoms with E-state index in [1.165, 1.54) is 23.9 Å². The number of hydrogen-bond donors (Lipinski definition) is 2. The van der Waals surface area contributed by atoms with Crippen LogP contribution in [0.5, 0.6) is 0 Å². The highest BCUT2D eigenvalue weighted by Gasteiger charge is 2.10. The van der Waals surface area contributed by atoms with Crippen LogP contribution in [0.2, 0.25) is 0 Å². The molecule has 0 aromatic heterocycles. The summed E-state index contributed by atoms with van der Waals surface area (Å²) in [5, 5.41) is 5.11. The molecule has 100 valence electrons. The largest absolute Gasteiger partial charge is 0.399 e. The zero-order valence-electron chi connectivity index (χ0n) is 9.71. The third-order valence-corrected chi connectivity index (χ3v) is 4.61. The molecule has 0 spiro atoms. The molecule has 0 aliphatic carbocycles. The summed E-state index contributed by atoms with van der Waals surface area (Å²) >= 11 is 4.80. The van der Waals surface area contributed by atoms with Gasteiger partial charge in [-0.3, -0.25) is 0 Å². The monoisotopic (exact) mass is 358 g/mol. The molecule has 7 heteroatoms. The second-order valence-corrected chi connectivity index (χ2v) is 7.47. The summed E-state index contributed by atoms with van der Waals surface area (Å²) in [4.78, 5) is 1.72. The van der Waals surface area contributed by atoms with Crippen molar-refractivity contribution < 1.29 is 8.42 Å². The lowest BCUT2D eigenvalue weighted by Gasteiger charge is -2.06. The molecule has 0 unspecified atom stereocenters. The number of halogens is 1. The van der Waals surface area contributed by atoms with Gasteiger partial charge in [-0.1, -0.05) is 33.8 Å². The molecule has 0 saturated heterocycles. The summed E-state index contributed by atoms with van der Waals surface area (Å²) in [6, 6.07) is 12.2. The van der Waals surface area contributed by atoms with Crippen molar-refractivity contribution in [2.24, 2.45) is 5.14 Å². The highest BCUT2D eigenvalue weighted by atomic mass is 79.9. The van der Waals surface area contributed by atoms with Crippen LogP contribution in [0.4, 0.5) is 5.69 Å². The first-order chi connectivity index (χ1) is 8.84. The van der Waals surface area contributed by atoms with Gasteiger partial charge in [-0.2, -0.15) is 0 Å². The number of primary sulfonamides is 1. The molecule has 2 aromatic rings. The van der Waals surface area contributed by atoms with E-state index >= 15 is 0 Å². The van der Waals surface area contributed by atoms with Gasteiger partial charge in [0.25, 0.3) is 0 Å². The molecule has 0 saturated carbocycles. The smallest absolute Gasteiger partial charge is 0.238 e. The summed E-state index contributed by atoms with van der Waals surface area (Å²) in [6.45, 7) is 0. The van der Waals surface area contributed by atoms with Crippen LogP contribution < -0.4 is 10.9 Å². The number of nitrogens with two attached hydrogens (primary N) is 2. The van der Waals surface area contributed by atoms with Crippen LogP contribution in [-0.4, -0.2) is 8.42 Å². The predicted octanol–water partition coefficient (Wildman–Crippen LogP) is 2.83. The number of sulfonamides is 1. The zero-order chi connectivity index (χ0) is 14.0. The van der Waals surface area contributed by atoms with Crippen LogP contribution in [-0.2, 0) is 10.0 Å². The Balaban J connectivity index is 2.38. The Morgan fingerprint density at radius 3 is 2.42 bits per heavy atom. The molecule has 0 amide bonds. The maximum atomic E-state index is 11.3. The average molecular weight is 359 g/mol. The SMILES string of the molecule is Nc1cc(Sc2cccc(Br)c2)cc(S(N)(=O)=O)c1. The van der Waals surface area contributed by atoms with Crippen LogP contribution >= 0.6 is 27.7 Å². The van der Waals surface area contributed by atoms with Crippen LogP contribution in [0.1, 0.15) is 0 Å². The van der Waals surface area contributed by atoms with Crippen molar-refractivity contribution in [2.45, 2.75) is 14.7 Å². The third-order valence-electron chi connectivity index (χ3n) is 2.26. The summed E-state index contributed by atoms with van der Waals surface area (Å²) in [5.41, 5.74) is 6.06. The standard InChI is InChI=1S/C12H11BrN2O2S2/c13-8-2-1-3-10(4-8)18-11-5-9(14)6-12(7-11)19(15,16)17/h1-7H,14H2,(H2,15,16,17). The average Bonchev–Trinajstić information content (AvgIpc) is 2.26. The minimum Gasteiger partial charge on any atom is -0.399 e. The summed E-state index contributed by atoms with van der Waals surface area (Å²) in [6.07, 6.45) is 0. The van der Waals surface area contributed by atoms with Gasteiger partial charge in [-0.05, 0) is 36.4 Å². The predicted molar refractivity (Wildman–Crippen MR) is 80.5 cm³/mol. The van der Waals surface area contributed by atoms with Gasteiger partial charge in [0.05, 0.1) is 4.90 Å². The topological polar surface area (TPSA) is 86.2 Å². The maximum Gasteiger partial charge on any atom is 0.238 e. The Hall–Kier alpha value is -1.02. The molecule has 0 fully saturated rings. The fourth-order valence-electron chi connectivity index (χ4n) is 1.48. The molecule has 0 aliphatic rings. The van der Waals surface area contributed by atoms with Crippen molar-refractivity contribution in [1.29, 1.82) is 0 Å². The van der Waals surface area contributed by atoms with Crippen molar-refractivity contribution in [2.75, 3.05) is 5.73 Å². The Morgan fingerprint density at radius 2 is 1.79 bits per heavy atom. The molecule has 0 bridgehead atoms. The Bertz CT molecular complexity index is 717. The van der Waals surface area contributed by atoms with Gasteiger partial charge in [-0.25, -0.2) is 13.6 Å². The van der Waals surface area contributed by atoms with Crippen LogP contribution in [0.15, 0.2) is 61.6 Å². The van der Waals surface area contributed by atoms with Crippen molar-refractivity contribution in [3.05, 3.63) is 46.9 Å². The molecule has 4 nitrogen and oxygen atoms in total. The molecule has 4 N–H and O–H groups in total. The molecule has 0 radical (unpaired) electrons. The van der Waals surface area contributed by atoms with E-state index in [0.717, 1.165) is 14.3 Å². The van der Waals surface area contributed by atoms with Gasteiger partial charge in [0, 0.05) is 20.0 Å². The van der Waals surface area contributed by atoms with Gasteiger partial charge < -0.3 is 5.73 Å². The van der Waals surface area contributed by atoms with E-state index in [0.29, 0.717) is 5.69 Å². The number of rotatable bonds is 3. The number of hydrogen-bond acceptors (Lipinski definition) is 4. The Labute approximate surface area is 124 Å². The fourth-order valence-corrected chi connectivity index (χ4v) is 3.69. The van der Waals surface area contributed by atoms with Gasteiger partial charge in [-0.15, -0.1) is 0 Å². The second-order valence-electron chi connectivity index (χ2n) is 3.84. The van der Waals surface area contributed by atoms with E-state index in [1.54, 1.807) is 6.07 Å². The van der Waals surface area contributed by atoms with Crippen LogP contribution in [0, 0.1) is 0 Å². The van der Waals surface area contributed by atoms with Gasteiger partial charge in [0.2, 0.25) is 10.0 Å². The highest BCUT2D eigenvalue weighted by Crippen LogP contribution is 2.32. The van der Waals surface area contributed by atoms with Crippen molar-refractivity contribution in [3.63, 3.8) is 0 Å². The lowest BCUT2D eigenvalue weighted by atomic mass is 10.3. The van der Waals surface area contributed by atoms with Crippen LogP contribution in [0.3, 0.4) is 0 Å². The summed E-state index contributed by atoms with van der Waals surface area (Å²) in [5.74, 6) is 0. The van der Waals surface area contributed by atoms with E-state index in [9.17, 15) is 8.42 Å². The first-order valence-electron chi connectivity index (χ1n) is 5.21. The first-order valence-corrected chi connectivity index (χ1v) is 8.37. The fraction of sp³-hybridized carbons (Fsp3) is 0. The van der Waals surface area contributed by atoms with Gasteiger partial charge in [0.1, 0.15) is 0 Å². The van der Waals surface area contributed by atoms with Gasteiger partial charge in [0.15, 0.2) is 0 Å². The van der Waals surface area contributed by atoms with E-state index in [1.807, 2.05) is 24.3 Å². The molecule has 2 rings (SSSR count). The third kappa shape index (κ3) is 3.97. The number of nitrogen functional groups attached to an aromatic ring is 1. The molecular weight excluding hydrogens is 348 g/mol. The second kappa shape index (κ2) is 5.54. The normalized spacial score (nSPS) is 11.5. The van der Waals surface area contributed by atoms with E-state index in [-0.39, 0.29) is 4.90 Å². The Kier molecular flexibility index (Phi) is 4.19. The Morgan fingerprint density at radius 1 is 1.05 bits per heavy atom. The van der Waals surface area contributed by atoms with Crippen LogP contribution in [0.25, 0.3) is 0 Å².